The fourth-order valence-corrected chi connectivity index (χ4v) is 2.11. The van der Waals surface area contributed by atoms with E-state index in [0.29, 0.717) is 6.54 Å². The minimum Gasteiger partial charge on any atom is -0.497 e. The number of allylic oxidation sites excluding steroid dienone is 3. The summed E-state index contributed by atoms with van der Waals surface area (Å²) < 4.78 is 10.2. The van der Waals surface area contributed by atoms with Gasteiger partial charge in [0.15, 0.2) is 0 Å². The number of rotatable bonds is 6. The highest BCUT2D eigenvalue weighted by Gasteiger charge is 2.04. The molecule has 0 radical (unpaired) electrons. The van der Waals surface area contributed by atoms with Crippen molar-refractivity contribution < 1.29 is 14.3 Å². The normalized spacial score (nSPS) is 13.5. The molecule has 0 fully saturated rings. The first-order valence-corrected chi connectivity index (χ1v) is 7.16. The Balaban J connectivity index is 1.64. The van der Waals surface area contributed by atoms with Gasteiger partial charge >= 0.3 is 6.09 Å². The van der Waals surface area contributed by atoms with Crippen molar-refractivity contribution >= 4 is 6.09 Å². The number of hydrogen-bond donors (Lipinski definition) is 1. The zero-order valence-corrected chi connectivity index (χ0v) is 12.3. The molecule has 0 unspecified atom stereocenters. The smallest absolute Gasteiger partial charge is 0.407 e. The number of methoxy groups -OCH3 is 1. The average molecular weight is 287 g/mol. The van der Waals surface area contributed by atoms with E-state index in [1.165, 1.54) is 5.57 Å². The van der Waals surface area contributed by atoms with E-state index in [1.807, 2.05) is 24.3 Å². The summed E-state index contributed by atoms with van der Waals surface area (Å²) in [6.45, 7) is 0.877. The first-order valence-electron chi connectivity index (χ1n) is 7.16. The predicted molar refractivity (Wildman–Crippen MR) is 82.3 cm³/mol. The van der Waals surface area contributed by atoms with Crippen molar-refractivity contribution in [3.8, 4) is 5.75 Å². The molecule has 0 heterocycles. The fraction of sp³-hybridized carbons (Fsp3) is 0.353. The molecule has 1 aromatic carbocycles. The number of nitrogens with one attached hydrogen (secondary N) is 1. The Morgan fingerprint density at radius 1 is 1.29 bits per heavy atom. The molecule has 0 aromatic heterocycles. The van der Waals surface area contributed by atoms with Crippen LogP contribution in [0.15, 0.2) is 48.1 Å². The molecule has 0 saturated heterocycles. The summed E-state index contributed by atoms with van der Waals surface area (Å²) in [5.41, 5.74) is 2.30. The molecule has 0 aliphatic heterocycles. The van der Waals surface area contributed by atoms with Crippen LogP contribution in [0.4, 0.5) is 4.79 Å². The number of amides is 1. The van der Waals surface area contributed by atoms with Gasteiger partial charge in [0, 0.05) is 6.54 Å². The second-order valence-electron chi connectivity index (χ2n) is 4.89. The maximum atomic E-state index is 11.6. The van der Waals surface area contributed by atoms with Gasteiger partial charge in [-0.25, -0.2) is 4.79 Å². The SMILES string of the molecule is COc1ccc(COC(=O)NCCC2=CC=CCC2)cc1. The van der Waals surface area contributed by atoms with Gasteiger partial charge in [-0.2, -0.15) is 0 Å². The maximum Gasteiger partial charge on any atom is 0.407 e. The van der Waals surface area contributed by atoms with Crippen LogP contribution in [-0.4, -0.2) is 19.7 Å². The first-order chi connectivity index (χ1) is 10.3. The van der Waals surface area contributed by atoms with Gasteiger partial charge in [-0.15, -0.1) is 0 Å². The monoisotopic (exact) mass is 287 g/mol. The van der Waals surface area contributed by atoms with E-state index in [1.54, 1.807) is 7.11 Å². The lowest BCUT2D eigenvalue weighted by Crippen LogP contribution is -2.25. The van der Waals surface area contributed by atoms with Crippen LogP contribution < -0.4 is 10.1 Å². The van der Waals surface area contributed by atoms with Gasteiger partial charge < -0.3 is 14.8 Å². The minimum atomic E-state index is -0.377. The lowest BCUT2D eigenvalue weighted by molar-refractivity contribution is 0.140. The summed E-state index contributed by atoms with van der Waals surface area (Å²) in [6, 6.07) is 7.45. The van der Waals surface area contributed by atoms with Crippen molar-refractivity contribution in [2.45, 2.75) is 25.9 Å². The van der Waals surface area contributed by atoms with E-state index in [4.69, 9.17) is 9.47 Å². The molecule has 1 aliphatic rings. The highest BCUT2D eigenvalue weighted by Crippen LogP contribution is 2.14. The van der Waals surface area contributed by atoms with E-state index in [0.717, 1.165) is 30.6 Å². The van der Waals surface area contributed by atoms with Crippen LogP contribution in [-0.2, 0) is 11.3 Å². The third-order valence-corrected chi connectivity index (χ3v) is 3.34. The molecular weight excluding hydrogens is 266 g/mol. The van der Waals surface area contributed by atoms with Crippen LogP contribution in [0.3, 0.4) is 0 Å². The Morgan fingerprint density at radius 3 is 2.76 bits per heavy atom. The lowest BCUT2D eigenvalue weighted by Gasteiger charge is -2.10. The maximum absolute atomic E-state index is 11.6. The number of alkyl carbamates (subject to hydrolysis) is 1. The van der Waals surface area contributed by atoms with Crippen LogP contribution in [0, 0.1) is 0 Å². The van der Waals surface area contributed by atoms with Crippen molar-refractivity contribution in [3.63, 3.8) is 0 Å². The molecular formula is C17H21NO3. The quantitative estimate of drug-likeness (QED) is 0.869. The highest BCUT2D eigenvalue weighted by atomic mass is 16.5. The van der Waals surface area contributed by atoms with Gasteiger partial charge in [-0.05, 0) is 37.0 Å². The van der Waals surface area contributed by atoms with Gasteiger partial charge in [0.25, 0.3) is 0 Å². The minimum absolute atomic E-state index is 0.265. The van der Waals surface area contributed by atoms with Gasteiger partial charge in [-0.1, -0.05) is 35.9 Å². The lowest BCUT2D eigenvalue weighted by atomic mass is 10.0. The number of hydrogen-bond acceptors (Lipinski definition) is 3. The van der Waals surface area contributed by atoms with Crippen LogP contribution in [0.1, 0.15) is 24.8 Å². The molecule has 0 atom stereocenters. The molecule has 4 nitrogen and oxygen atoms in total. The number of carbonyl (C=O) groups is 1. The van der Waals surface area contributed by atoms with E-state index < -0.39 is 0 Å². The van der Waals surface area contributed by atoms with Crippen molar-refractivity contribution in [3.05, 3.63) is 53.6 Å². The van der Waals surface area contributed by atoms with Crippen LogP contribution >= 0.6 is 0 Å². The fourth-order valence-electron chi connectivity index (χ4n) is 2.11. The van der Waals surface area contributed by atoms with E-state index in [9.17, 15) is 4.79 Å². The molecule has 1 aromatic rings. The molecule has 1 amide bonds. The largest absolute Gasteiger partial charge is 0.497 e. The first kappa shape index (κ1) is 15.2. The second-order valence-corrected chi connectivity index (χ2v) is 4.89. The Bertz CT molecular complexity index is 517. The van der Waals surface area contributed by atoms with Gasteiger partial charge in [0.05, 0.1) is 7.11 Å². The molecule has 0 spiro atoms. The third kappa shape index (κ3) is 5.34. The Morgan fingerprint density at radius 2 is 2.10 bits per heavy atom. The standard InChI is InChI=1S/C17H21NO3/c1-20-16-9-7-15(8-10-16)13-21-17(19)18-12-11-14-5-3-2-4-6-14/h2-3,5,7-10H,4,6,11-13H2,1H3,(H,18,19). The number of ether oxygens (including phenoxy) is 2. The summed E-state index contributed by atoms with van der Waals surface area (Å²) in [5.74, 6) is 0.790. The number of carbonyl (C=O) groups excluding carboxylic acids is 1. The molecule has 2 rings (SSSR count). The van der Waals surface area contributed by atoms with Gasteiger partial charge in [-0.3, -0.25) is 0 Å². The zero-order chi connectivity index (χ0) is 14.9. The topological polar surface area (TPSA) is 47.6 Å². The summed E-state index contributed by atoms with van der Waals surface area (Å²) in [6.07, 6.45) is 9.02. The van der Waals surface area contributed by atoms with E-state index in [2.05, 4.69) is 23.5 Å². The Labute approximate surface area is 125 Å². The van der Waals surface area contributed by atoms with Crippen molar-refractivity contribution in [2.75, 3.05) is 13.7 Å². The Kier molecular flexibility index (Phi) is 5.88. The highest BCUT2D eigenvalue weighted by molar-refractivity contribution is 5.67. The molecule has 0 bridgehead atoms. The molecule has 4 heteroatoms. The van der Waals surface area contributed by atoms with E-state index in [-0.39, 0.29) is 12.7 Å². The predicted octanol–water partition coefficient (Wildman–Crippen LogP) is 3.59. The van der Waals surface area contributed by atoms with Gasteiger partial charge in [0.1, 0.15) is 12.4 Å². The molecule has 112 valence electrons. The number of benzene rings is 1. The summed E-state index contributed by atoms with van der Waals surface area (Å²) >= 11 is 0. The molecule has 0 saturated carbocycles. The summed E-state index contributed by atoms with van der Waals surface area (Å²) in [7, 11) is 1.62. The average Bonchev–Trinajstić information content (AvgIpc) is 2.54. The van der Waals surface area contributed by atoms with Crippen LogP contribution in [0.25, 0.3) is 0 Å². The van der Waals surface area contributed by atoms with Crippen molar-refractivity contribution in [2.24, 2.45) is 0 Å². The molecule has 1 N–H and O–H groups in total. The van der Waals surface area contributed by atoms with Gasteiger partial charge in [0.2, 0.25) is 0 Å². The summed E-state index contributed by atoms with van der Waals surface area (Å²) in [5, 5.41) is 2.77. The third-order valence-electron chi connectivity index (χ3n) is 3.34. The van der Waals surface area contributed by atoms with Crippen LogP contribution in [0.5, 0.6) is 5.75 Å². The van der Waals surface area contributed by atoms with Crippen molar-refractivity contribution in [1.82, 2.24) is 5.32 Å². The van der Waals surface area contributed by atoms with Crippen molar-refractivity contribution in [1.29, 1.82) is 0 Å². The van der Waals surface area contributed by atoms with E-state index >= 15 is 0 Å². The molecule has 21 heavy (non-hydrogen) atoms. The van der Waals surface area contributed by atoms with Crippen LogP contribution in [0.2, 0.25) is 0 Å². The second kappa shape index (κ2) is 8.15. The Hall–Kier alpha value is -2.23. The molecule has 1 aliphatic carbocycles. The summed E-state index contributed by atoms with van der Waals surface area (Å²) in [4.78, 5) is 11.6. The zero-order valence-electron chi connectivity index (χ0n) is 12.3.